The number of thiophene rings is 1. The summed E-state index contributed by atoms with van der Waals surface area (Å²) in [6.45, 7) is 3.22. The third-order valence-electron chi connectivity index (χ3n) is 4.04. The molecule has 0 spiro atoms. The summed E-state index contributed by atoms with van der Waals surface area (Å²) in [6, 6.07) is 0. The second kappa shape index (κ2) is 5.85. The number of anilines is 2. The summed E-state index contributed by atoms with van der Waals surface area (Å²) in [7, 11) is 3.51. The Labute approximate surface area is 129 Å². The standard InChI is InChI=1S/C14H23N3OS2/c1-5-14(6-7-14)8-16-12-10(19-4)9(15)11(20-12)13(18)17(2)3/h16H,5-8,15H2,1-4H3. The monoisotopic (exact) mass is 313 g/mol. The molecule has 1 saturated carbocycles. The minimum absolute atomic E-state index is 0.0209. The second-order valence-corrected chi connectivity index (χ2v) is 7.45. The molecule has 4 nitrogen and oxygen atoms in total. The van der Waals surface area contributed by atoms with E-state index in [1.165, 1.54) is 30.6 Å². The number of thioether (sulfide) groups is 1. The van der Waals surface area contributed by atoms with Crippen molar-refractivity contribution in [3.05, 3.63) is 4.88 Å². The van der Waals surface area contributed by atoms with Crippen molar-refractivity contribution in [2.24, 2.45) is 5.41 Å². The van der Waals surface area contributed by atoms with Crippen molar-refractivity contribution in [1.29, 1.82) is 0 Å². The molecule has 3 N–H and O–H groups in total. The fourth-order valence-corrected chi connectivity index (χ4v) is 4.26. The molecule has 0 bridgehead atoms. The van der Waals surface area contributed by atoms with Gasteiger partial charge >= 0.3 is 0 Å². The van der Waals surface area contributed by atoms with Gasteiger partial charge in [0, 0.05) is 20.6 Å². The third kappa shape index (κ3) is 2.91. The van der Waals surface area contributed by atoms with Crippen LogP contribution in [-0.4, -0.2) is 37.7 Å². The zero-order valence-electron chi connectivity index (χ0n) is 12.6. The van der Waals surface area contributed by atoms with E-state index >= 15 is 0 Å². The first kappa shape index (κ1) is 15.5. The van der Waals surface area contributed by atoms with Crippen molar-refractivity contribution in [3.63, 3.8) is 0 Å². The van der Waals surface area contributed by atoms with Gasteiger partial charge in [0.05, 0.1) is 10.6 Å². The van der Waals surface area contributed by atoms with Crippen molar-refractivity contribution in [2.45, 2.75) is 31.1 Å². The number of carbonyl (C=O) groups excluding carboxylic acids is 1. The van der Waals surface area contributed by atoms with Gasteiger partial charge in [-0.2, -0.15) is 0 Å². The molecule has 1 aliphatic carbocycles. The lowest BCUT2D eigenvalue weighted by molar-refractivity contribution is 0.0833. The van der Waals surface area contributed by atoms with Crippen LogP contribution in [0.1, 0.15) is 35.9 Å². The number of carbonyl (C=O) groups is 1. The van der Waals surface area contributed by atoms with Gasteiger partial charge in [0.2, 0.25) is 0 Å². The van der Waals surface area contributed by atoms with Gasteiger partial charge in [0.1, 0.15) is 9.88 Å². The molecule has 0 radical (unpaired) electrons. The number of nitrogen functional groups attached to an aromatic ring is 1. The second-order valence-electron chi connectivity index (χ2n) is 5.61. The Hall–Kier alpha value is -0.880. The molecule has 1 fully saturated rings. The summed E-state index contributed by atoms with van der Waals surface area (Å²) in [5, 5.41) is 4.56. The Morgan fingerprint density at radius 2 is 2.15 bits per heavy atom. The first-order chi connectivity index (χ1) is 9.44. The van der Waals surface area contributed by atoms with E-state index in [9.17, 15) is 4.79 Å². The minimum Gasteiger partial charge on any atom is -0.396 e. The zero-order chi connectivity index (χ0) is 14.9. The summed E-state index contributed by atoms with van der Waals surface area (Å²) in [4.78, 5) is 15.4. The van der Waals surface area contributed by atoms with Crippen LogP contribution in [0.4, 0.5) is 10.7 Å². The van der Waals surface area contributed by atoms with Crippen LogP contribution in [0.2, 0.25) is 0 Å². The average Bonchev–Trinajstić information content (AvgIpc) is 3.14. The lowest BCUT2D eigenvalue weighted by Crippen LogP contribution is -2.21. The predicted molar refractivity (Wildman–Crippen MR) is 89.0 cm³/mol. The normalized spacial score (nSPS) is 16.0. The third-order valence-corrected chi connectivity index (χ3v) is 6.15. The van der Waals surface area contributed by atoms with Crippen LogP contribution in [0.3, 0.4) is 0 Å². The highest BCUT2D eigenvalue weighted by Gasteiger charge is 2.40. The quantitative estimate of drug-likeness (QED) is 0.791. The van der Waals surface area contributed by atoms with Crippen molar-refractivity contribution >= 4 is 39.7 Å². The summed E-state index contributed by atoms with van der Waals surface area (Å²) in [6.07, 6.45) is 5.81. The maximum absolute atomic E-state index is 12.1. The van der Waals surface area contributed by atoms with Crippen LogP contribution in [0, 0.1) is 5.41 Å². The van der Waals surface area contributed by atoms with E-state index in [0.717, 1.165) is 16.4 Å². The number of rotatable bonds is 6. The molecule has 1 amide bonds. The molecular weight excluding hydrogens is 290 g/mol. The highest BCUT2D eigenvalue weighted by atomic mass is 32.2. The number of nitrogens with one attached hydrogen (secondary N) is 1. The van der Waals surface area contributed by atoms with Gasteiger partial charge in [-0.25, -0.2) is 0 Å². The Morgan fingerprint density at radius 1 is 1.50 bits per heavy atom. The van der Waals surface area contributed by atoms with E-state index in [1.807, 2.05) is 6.26 Å². The van der Waals surface area contributed by atoms with Crippen molar-refractivity contribution in [2.75, 3.05) is 37.9 Å². The van der Waals surface area contributed by atoms with E-state index < -0.39 is 0 Å². The highest BCUT2D eigenvalue weighted by molar-refractivity contribution is 7.99. The Balaban J connectivity index is 2.20. The molecule has 6 heteroatoms. The zero-order valence-corrected chi connectivity index (χ0v) is 14.2. The van der Waals surface area contributed by atoms with E-state index in [1.54, 1.807) is 30.8 Å². The first-order valence-electron chi connectivity index (χ1n) is 6.86. The smallest absolute Gasteiger partial charge is 0.265 e. The Morgan fingerprint density at radius 3 is 2.60 bits per heavy atom. The molecule has 112 valence electrons. The largest absolute Gasteiger partial charge is 0.396 e. The van der Waals surface area contributed by atoms with Crippen LogP contribution >= 0.6 is 23.1 Å². The maximum atomic E-state index is 12.1. The number of nitrogens with zero attached hydrogens (tertiary/aromatic N) is 1. The molecule has 0 atom stereocenters. The molecule has 1 heterocycles. The molecule has 1 aromatic rings. The number of nitrogens with two attached hydrogens (primary N) is 1. The summed E-state index contributed by atoms with van der Waals surface area (Å²) in [5.74, 6) is -0.0209. The number of amides is 1. The number of hydrogen-bond donors (Lipinski definition) is 2. The lowest BCUT2D eigenvalue weighted by atomic mass is 10.0. The van der Waals surface area contributed by atoms with Crippen LogP contribution in [0.5, 0.6) is 0 Å². The summed E-state index contributed by atoms with van der Waals surface area (Å²) < 4.78 is 0. The first-order valence-corrected chi connectivity index (χ1v) is 8.90. The topological polar surface area (TPSA) is 58.4 Å². The van der Waals surface area contributed by atoms with Crippen molar-refractivity contribution in [1.82, 2.24) is 4.90 Å². The molecule has 1 aromatic heterocycles. The lowest BCUT2D eigenvalue weighted by Gasteiger charge is -2.14. The van der Waals surface area contributed by atoms with Gasteiger partial charge in [0.15, 0.2) is 0 Å². The average molecular weight is 313 g/mol. The van der Waals surface area contributed by atoms with Crippen LogP contribution in [0.15, 0.2) is 4.90 Å². The predicted octanol–water partition coefficient (Wildman–Crippen LogP) is 3.36. The Kier molecular flexibility index (Phi) is 4.54. The summed E-state index contributed by atoms with van der Waals surface area (Å²) in [5.41, 5.74) is 7.23. The van der Waals surface area contributed by atoms with E-state index in [-0.39, 0.29) is 5.91 Å². The SMILES string of the molecule is CCC1(CNc2sc(C(=O)N(C)C)c(N)c2SC)CC1. The van der Waals surface area contributed by atoms with Crippen molar-refractivity contribution < 1.29 is 4.79 Å². The molecule has 0 saturated heterocycles. The summed E-state index contributed by atoms with van der Waals surface area (Å²) >= 11 is 3.08. The molecule has 0 aromatic carbocycles. The van der Waals surface area contributed by atoms with Gasteiger partial charge < -0.3 is 16.0 Å². The molecule has 2 rings (SSSR count). The highest BCUT2D eigenvalue weighted by Crippen LogP contribution is 2.50. The van der Waals surface area contributed by atoms with Gasteiger partial charge in [-0.15, -0.1) is 23.1 Å². The minimum atomic E-state index is -0.0209. The van der Waals surface area contributed by atoms with Gasteiger partial charge in [-0.05, 0) is 30.9 Å². The fourth-order valence-electron chi connectivity index (χ4n) is 2.21. The maximum Gasteiger partial charge on any atom is 0.265 e. The van der Waals surface area contributed by atoms with Crippen LogP contribution in [-0.2, 0) is 0 Å². The molecule has 0 aliphatic heterocycles. The Bertz CT molecular complexity index is 507. The fraction of sp³-hybridized carbons (Fsp3) is 0.643. The van der Waals surface area contributed by atoms with Crippen molar-refractivity contribution in [3.8, 4) is 0 Å². The van der Waals surface area contributed by atoms with E-state index in [2.05, 4.69) is 12.2 Å². The molecule has 0 unspecified atom stereocenters. The molecule has 20 heavy (non-hydrogen) atoms. The van der Waals surface area contributed by atoms with Gasteiger partial charge in [0.25, 0.3) is 5.91 Å². The number of hydrogen-bond acceptors (Lipinski definition) is 5. The van der Waals surface area contributed by atoms with E-state index in [0.29, 0.717) is 16.0 Å². The van der Waals surface area contributed by atoms with Gasteiger partial charge in [-0.1, -0.05) is 6.92 Å². The van der Waals surface area contributed by atoms with Gasteiger partial charge in [-0.3, -0.25) is 4.79 Å². The van der Waals surface area contributed by atoms with Crippen LogP contribution in [0.25, 0.3) is 0 Å². The molecule has 1 aliphatic rings. The molecular formula is C14H23N3OS2. The van der Waals surface area contributed by atoms with E-state index in [4.69, 9.17) is 5.73 Å². The van der Waals surface area contributed by atoms with Crippen LogP contribution < -0.4 is 11.1 Å².